The Hall–Kier alpha value is -1.52. The number of rotatable bonds is 3. The summed E-state index contributed by atoms with van der Waals surface area (Å²) < 4.78 is 10.2. The lowest BCUT2D eigenvalue weighted by Gasteiger charge is -2.27. The van der Waals surface area contributed by atoms with E-state index >= 15 is 0 Å². The van der Waals surface area contributed by atoms with E-state index in [1.807, 2.05) is 20.8 Å². The minimum atomic E-state index is -0.516. The minimum absolute atomic E-state index is 0.107. The molecule has 0 aliphatic carbocycles. The van der Waals surface area contributed by atoms with E-state index in [1.54, 1.807) is 17.9 Å². The van der Waals surface area contributed by atoms with Crippen LogP contribution in [0.4, 0.5) is 4.79 Å². The first kappa shape index (κ1) is 16.5. The van der Waals surface area contributed by atoms with E-state index in [4.69, 9.17) is 9.47 Å². The fourth-order valence-electron chi connectivity index (χ4n) is 2.18. The maximum atomic E-state index is 12.1. The van der Waals surface area contributed by atoms with Gasteiger partial charge in [0.15, 0.2) is 0 Å². The van der Waals surface area contributed by atoms with Crippen LogP contribution in [0.3, 0.4) is 0 Å². The van der Waals surface area contributed by atoms with Gasteiger partial charge < -0.3 is 14.4 Å². The zero-order valence-electron chi connectivity index (χ0n) is 13.0. The number of carbonyl (C=O) groups excluding carboxylic acids is 2. The third-order valence-corrected chi connectivity index (χ3v) is 2.92. The van der Waals surface area contributed by atoms with Crippen LogP contribution in [0.5, 0.6) is 0 Å². The van der Waals surface area contributed by atoms with E-state index in [-0.39, 0.29) is 18.1 Å². The third-order valence-electron chi connectivity index (χ3n) is 2.92. The lowest BCUT2D eigenvalue weighted by molar-refractivity contribution is -0.137. The number of amides is 1. The van der Waals surface area contributed by atoms with Crippen LogP contribution >= 0.6 is 0 Å². The summed E-state index contributed by atoms with van der Waals surface area (Å²) in [5.41, 5.74) is -0.516. The number of likely N-dealkylation sites (tertiary alicyclic amines) is 1. The number of hydrogen-bond donors (Lipinski definition) is 0. The van der Waals surface area contributed by atoms with Crippen molar-refractivity contribution in [2.45, 2.75) is 52.7 Å². The van der Waals surface area contributed by atoms with Crippen molar-refractivity contribution in [1.29, 1.82) is 0 Å². The van der Waals surface area contributed by atoms with Crippen LogP contribution in [0.2, 0.25) is 0 Å². The number of carbonyl (C=O) groups is 2. The maximum absolute atomic E-state index is 12.1. The largest absolute Gasteiger partial charge is 0.463 e. The van der Waals surface area contributed by atoms with Crippen LogP contribution in [0.1, 0.15) is 41.0 Å². The Balaban J connectivity index is 2.69. The Morgan fingerprint density at radius 1 is 1.35 bits per heavy atom. The lowest BCUT2D eigenvalue weighted by atomic mass is 10.1. The molecule has 2 atom stereocenters. The molecule has 114 valence electrons. The van der Waals surface area contributed by atoms with Gasteiger partial charge in [-0.15, -0.1) is 0 Å². The van der Waals surface area contributed by atoms with E-state index in [0.717, 1.165) is 6.42 Å². The first-order valence-corrected chi connectivity index (χ1v) is 7.07. The van der Waals surface area contributed by atoms with Crippen molar-refractivity contribution in [1.82, 2.24) is 4.90 Å². The van der Waals surface area contributed by atoms with Crippen molar-refractivity contribution in [3.8, 4) is 0 Å². The highest BCUT2D eigenvalue weighted by Gasteiger charge is 2.34. The summed E-state index contributed by atoms with van der Waals surface area (Å²) in [7, 11) is 0. The molecule has 1 rings (SSSR count). The van der Waals surface area contributed by atoms with Crippen molar-refractivity contribution >= 4 is 12.1 Å². The van der Waals surface area contributed by atoms with Gasteiger partial charge in [0.1, 0.15) is 5.60 Å². The molecule has 0 aromatic rings. The van der Waals surface area contributed by atoms with Crippen LogP contribution in [0.25, 0.3) is 0 Å². The highest BCUT2D eigenvalue weighted by atomic mass is 16.6. The van der Waals surface area contributed by atoms with Crippen LogP contribution in [-0.4, -0.2) is 41.8 Å². The number of nitrogens with zero attached hydrogens (tertiary/aromatic N) is 1. The first-order chi connectivity index (χ1) is 9.23. The summed E-state index contributed by atoms with van der Waals surface area (Å²) in [6.45, 7) is 10.4. The summed E-state index contributed by atoms with van der Waals surface area (Å²) in [5.74, 6) is 0.00977. The molecule has 0 bridgehead atoms. The molecule has 1 fully saturated rings. The Bertz CT molecular complexity index is 384. The molecule has 0 radical (unpaired) electrons. The van der Waals surface area contributed by atoms with Crippen LogP contribution in [0, 0.1) is 5.92 Å². The summed E-state index contributed by atoms with van der Waals surface area (Å²) >= 11 is 0. The second-order valence-corrected chi connectivity index (χ2v) is 6.15. The number of esters is 1. The number of ether oxygens (including phenoxy) is 2. The van der Waals surface area contributed by atoms with Gasteiger partial charge in [-0.05, 0) is 40.0 Å². The molecular weight excluding hydrogens is 258 g/mol. The van der Waals surface area contributed by atoms with Gasteiger partial charge in [0.25, 0.3) is 0 Å². The molecule has 1 saturated heterocycles. The lowest BCUT2D eigenvalue weighted by Crippen LogP contribution is -2.39. The van der Waals surface area contributed by atoms with Gasteiger partial charge in [-0.1, -0.05) is 13.0 Å². The van der Waals surface area contributed by atoms with Crippen molar-refractivity contribution < 1.29 is 19.1 Å². The predicted octanol–water partition coefficient (Wildman–Crippen LogP) is 2.75. The Kier molecular flexibility index (Phi) is 5.60. The average Bonchev–Trinajstić information content (AvgIpc) is 2.66. The molecule has 5 heteroatoms. The van der Waals surface area contributed by atoms with Crippen LogP contribution in [0.15, 0.2) is 12.2 Å². The van der Waals surface area contributed by atoms with Crippen molar-refractivity contribution in [3.05, 3.63) is 12.2 Å². The van der Waals surface area contributed by atoms with Gasteiger partial charge in [-0.25, -0.2) is 9.59 Å². The third kappa shape index (κ3) is 5.23. The van der Waals surface area contributed by atoms with E-state index < -0.39 is 5.60 Å². The molecule has 0 N–H and O–H groups in total. The maximum Gasteiger partial charge on any atom is 0.410 e. The second-order valence-electron chi connectivity index (χ2n) is 6.15. The Morgan fingerprint density at radius 3 is 2.55 bits per heavy atom. The van der Waals surface area contributed by atoms with E-state index in [2.05, 4.69) is 6.92 Å². The van der Waals surface area contributed by atoms with Crippen molar-refractivity contribution in [3.63, 3.8) is 0 Å². The van der Waals surface area contributed by atoms with Crippen molar-refractivity contribution in [2.75, 3.05) is 13.2 Å². The highest BCUT2D eigenvalue weighted by molar-refractivity contribution is 5.82. The molecule has 0 saturated carbocycles. The molecule has 1 aliphatic rings. The van der Waals surface area contributed by atoms with E-state index in [0.29, 0.717) is 19.1 Å². The molecular formula is C15H25NO4. The minimum Gasteiger partial charge on any atom is -0.463 e. The normalized spacial score (nSPS) is 23.1. The molecule has 0 unspecified atom stereocenters. The fourth-order valence-corrected chi connectivity index (χ4v) is 2.18. The van der Waals surface area contributed by atoms with Gasteiger partial charge in [-0.2, -0.15) is 0 Å². The first-order valence-electron chi connectivity index (χ1n) is 7.07. The molecule has 1 amide bonds. The molecule has 0 spiro atoms. The summed E-state index contributed by atoms with van der Waals surface area (Å²) in [6, 6.07) is -0.107. The SMILES string of the molecule is CCOC(=O)/C=C/[C@@H]1C[C@@H](C)CN1C(=O)OC(C)(C)C. The predicted molar refractivity (Wildman–Crippen MR) is 76.3 cm³/mol. The summed E-state index contributed by atoms with van der Waals surface area (Å²) in [5, 5.41) is 0. The monoisotopic (exact) mass is 283 g/mol. The molecule has 1 aliphatic heterocycles. The topological polar surface area (TPSA) is 55.8 Å². The van der Waals surface area contributed by atoms with Crippen LogP contribution in [-0.2, 0) is 14.3 Å². The zero-order valence-corrected chi connectivity index (χ0v) is 13.0. The van der Waals surface area contributed by atoms with Gasteiger partial charge in [0.05, 0.1) is 12.6 Å². The fraction of sp³-hybridized carbons (Fsp3) is 0.733. The molecule has 5 nitrogen and oxygen atoms in total. The average molecular weight is 283 g/mol. The van der Waals surface area contributed by atoms with E-state index in [1.165, 1.54) is 6.08 Å². The summed E-state index contributed by atoms with van der Waals surface area (Å²) in [4.78, 5) is 25.2. The van der Waals surface area contributed by atoms with Crippen LogP contribution < -0.4 is 0 Å². The molecule has 0 aromatic carbocycles. The summed E-state index contributed by atoms with van der Waals surface area (Å²) in [6.07, 6.45) is 3.62. The Labute approximate surface area is 120 Å². The smallest absolute Gasteiger partial charge is 0.410 e. The van der Waals surface area contributed by atoms with E-state index in [9.17, 15) is 9.59 Å². The molecule has 1 heterocycles. The van der Waals surface area contributed by atoms with Crippen molar-refractivity contribution in [2.24, 2.45) is 5.92 Å². The zero-order chi connectivity index (χ0) is 15.3. The van der Waals surface area contributed by atoms with Gasteiger partial charge >= 0.3 is 12.1 Å². The van der Waals surface area contributed by atoms with Gasteiger partial charge in [-0.3, -0.25) is 0 Å². The molecule has 20 heavy (non-hydrogen) atoms. The number of hydrogen-bond acceptors (Lipinski definition) is 4. The van der Waals surface area contributed by atoms with Gasteiger partial charge in [0, 0.05) is 12.6 Å². The quantitative estimate of drug-likeness (QED) is 0.590. The second kappa shape index (κ2) is 6.77. The molecule has 0 aromatic heterocycles. The standard InChI is InChI=1S/C15H25NO4/c1-6-19-13(17)8-7-12-9-11(2)10-16(12)14(18)20-15(3,4)5/h7-8,11-12H,6,9-10H2,1-5H3/b8-7+/t11-,12-/m1/s1. The highest BCUT2D eigenvalue weighted by Crippen LogP contribution is 2.25. The Morgan fingerprint density at radius 2 is 2.00 bits per heavy atom. The van der Waals surface area contributed by atoms with Gasteiger partial charge in [0.2, 0.25) is 0 Å².